The quantitative estimate of drug-likeness (QED) is 0.353. The summed E-state index contributed by atoms with van der Waals surface area (Å²) in [6, 6.07) is 15.3. The Morgan fingerprint density at radius 2 is 1.70 bits per heavy atom. The van der Waals surface area contributed by atoms with Gasteiger partial charge in [0, 0.05) is 39.3 Å². The summed E-state index contributed by atoms with van der Waals surface area (Å²) < 4.78 is 2.63. The lowest BCUT2D eigenvalue weighted by molar-refractivity contribution is -0.125. The maximum absolute atomic E-state index is 11.8. The van der Waals surface area contributed by atoms with Gasteiger partial charge in [-0.2, -0.15) is 0 Å². The lowest BCUT2D eigenvalue weighted by Crippen LogP contribution is -2.23. The van der Waals surface area contributed by atoms with E-state index in [1.807, 2.05) is 18.4 Å². The molecule has 0 aliphatic rings. The first-order valence-electron chi connectivity index (χ1n) is 10.0. The van der Waals surface area contributed by atoms with Gasteiger partial charge >= 0.3 is 0 Å². The summed E-state index contributed by atoms with van der Waals surface area (Å²) in [5, 5.41) is 6.25. The lowest BCUT2D eigenvalue weighted by Gasteiger charge is -2.14. The molecule has 0 aliphatic heterocycles. The van der Waals surface area contributed by atoms with Crippen molar-refractivity contribution in [1.82, 2.24) is 10.2 Å². The molecule has 3 nitrogen and oxygen atoms in total. The molecule has 1 N–H and O–H groups in total. The Balaban J connectivity index is 1.46. The summed E-state index contributed by atoms with van der Waals surface area (Å²) in [5.41, 5.74) is 3.93. The van der Waals surface area contributed by atoms with Crippen molar-refractivity contribution in [3.05, 3.63) is 81.6 Å². The fourth-order valence-electron chi connectivity index (χ4n) is 3.74. The number of hydrogen-bond donors (Lipinski definition) is 1. The molecule has 0 unspecified atom stereocenters. The lowest BCUT2D eigenvalue weighted by atomic mass is 10.1. The molecule has 0 fully saturated rings. The Morgan fingerprint density at radius 1 is 1.00 bits per heavy atom. The zero-order valence-corrected chi connectivity index (χ0v) is 19.3. The topological polar surface area (TPSA) is 32.3 Å². The fraction of sp³-hybridized carbons (Fsp3) is 0.240. The number of carbonyl (C=O) groups is 1. The van der Waals surface area contributed by atoms with Crippen LogP contribution in [-0.2, 0) is 24.4 Å². The van der Waals surface area contributed by atoms with Gasteiger partial charge < -0.3 is 10.2 Å². The van der Waals surface area contributed by atoms with Gasteiger partial charge in [-0.3, -0.25) is 4.79 Å². The number of amides is 1. The highest BCUT2D eigenvalue weighted by atomic mass is 32.1. The molecule has 2 aromatic carbocycles. The standard InChI is InChI=1S/C25H26N2OS2/c1-5-25(28)27(4)15-24-17(3)20-11-10-18(12-22(20)30-24)13-26-14-23-16(2)19-8-6-7-9-21(19)29-23/h5-12,26H,1,13-15H2,2-4H3. The molecule has 0 spiro atoms. The van der Waals surface area contributed by atoms with Gasteiger partial charge in [0.25, 0.3) is 0 Å². The molecule has 154 valence electrons. The summed E-state index contributed by atoms with van der Waals surface area (Å²) in [6.45, 7) is 10.3. The van der Waals surface area contributed by atoms with Crippen LogP contribution in [0.2, 0.25) is 0 Å². The van der Waals surface area contributed by atoms with Crippen molar-refractivity contribution in [2.45, 2.75) is 33.5 Å². The maximum atomic E-state index is 11.8. The summed E-state index contributed by atoms with van der Waals surface area (Å²) in [4.78, 5) is 16.2. The second-order valence-electron chi connectivity index (χ2n) is 7.63. The van der Waals surface area contributed by atoms with Crippen LogP contribution in [0.4, 0.5) is 0 Å². The number of benzene rings is 2. The molecule has 1 amide bonds. The minimum Gasteiger partial charge on any atom is -0.337 e. The third-order valence-electron chi connectivity index (χ3n) is 5.59. The number of hydrogen-bond acceptors (Lipinski definition) is 4. The van der Waals surface area contributed by atoms with E-state index in [-0.39, 0.29) is 5.91 Å². The average Bonchev–Trinajstić information content (AvgIpc) is 3.24. The molecule has 30 heavy (non-hydrogen) atoms. The predicted octanol–water partition coefficient (Wildman–Crippen LogP) is 6.17. The van der Waals surface area contributed by atoms with Crippen LogP contribution in [0.25, 0.3) is 20.2 Å². The monoisotopic (exact) mass is 434 g/mol. The van der Waals surface area contributed by atoms with Crippen LogP contribution < -0.4 is 5.32 Å². The van der Waals surface area contributed by atoms with Gasteiger partial charge in [0.1, 0.15) is 0 Å². The largest absolute Gasteiger partial charge is 0.337 e. The summed E-state index contributed by atoms with van der Waals surface area (Å²) in [7, 11) is 1.82. The number of nitrogens with zero attached hydrogens (tertiary/aromatic N) is 1. The van der Waals surface area contributed by atoms with E-state index in [0.29, 0.717) is 6.54 Å². The molecule has 0 bridgehead atoms. The highest BCUT2D eigenvalue weighted by molar-refractivity contribution is 7.19. The van der Waals surface area contributed by atoms with Gasteiger partial charge in [-0.05, 0) is 59.5 Å². The molecule has 4 rings (SSSR count). The van der Waals surface area contributed by atoms with Crippen LogP contribution in [0.5, 0.6) is 0 Å². The van der Waals surface area contributed by atoms with Crippen LogP contribution in [0.3, 0.4) is 0 Å². The molecule has 0 radical (unpaired) electrons. The summed E-state index contributed by atoms with van der Waals surface area (Å²) in [6.07, 6.45) is 1.37. The van der Waals surface area contributed by atoms with E-state index in [2.05, 4.69) is 68.2 Å². The van der Waals surface area contributed by atoms with Gasteiger partial charge in [-0.25, -0.2) is 0 Å². The number of fused-ring (bicyclic) bond motifs is 2. The van der Waals surface area contributed by atoms with Crippen molar-refractivity contribution in [2.75, 3.05) is 7.05 Å². The normalized spacial score (nSPS) is 11.3. The minimum absolute atomic E-state index is 0.0479. The summed E-state index contributed by atoms with van der Waals surface area (Å²) >= 11 is 3.65. The van der Waals surface area contributed by atoms with Gasteiger partial charge in [0.15, 0.2) is 0 Å². The predicted molar refractivity (Wildman–Crippen MR) is 130 cm³/mol. The van der Waals surface area contributed by atoms with Crippen molar-refractivity contribution in [1.29, 1.82) is 0 Å². The van der Waals surface area contributed by atoms with Crippen LogP contribution in [-0.4, -0.2) is 17.9 Å². The molecule has 0 aliphatic carbocycles. The second kappa shape index (κ2) is 8.72. The number of likely N-dealkylation sites (N-methyl/N-ethyl adjacent to an activating group) is 1. The first-order valence-corrected chi connectivity index (χ1v) is 11.7. The molecule has 2 heterocycles. The third kappa shape index (κ3) is 4.06. The Hall–Kier alpha value is -2.47. The molecule has 0 saturated carbocycles. The van der Waals surface area contributed by atoms with Crippen molar-refractivity contribution in [2.24, 2.45) is 0 Å². The van der Waals surface area contributed by atoms with Crippen molar-refractivity contribution >= 4 is 48.8 Å². The van der Waals surface area contributed by atoms with E-state index in [1.54, 1.807) is 16.2 Å². The van der Waals surface area contributed by atoms with E-state index in [4.69, 9.17) is 0 Å². The van der Waals surface area contributed by atoms with Gasteiger partial charge in [-0.1, -0.05) is 36.9 Å². The number of aryl methyl sites for hydroxylation is 2. The fourth-order valence-corrected chi connectivity index (χ4v) is 6.25. The Morgan fingerprint density at radius 3 is 2.47 bits per heavy atom. The zero-order valence-electron chi connectivity index (χ0n) is 17.6. The van der Waals surface area contributed by atoms with Crippen LogP contribution in [0, 0.1) is 13.8 Å². The first-order chi connectivity index (χ1) is 14.5. The Labute approximate surface area is 185 Å². The van der Waals surface area contributed by atoms with Crippen molar-refractivity contribution in [3.8, 4) is 0 Å². The zero-order chi connectivity index (χ0) is 21.3. The second-order valence-corrected chi connectivity index (χ2v) is 9.90. The number of nitrogens with one attached hydrogen (secondary N) is 1. The minimum atomic E-state index is -0.0479. The van der Waals surface area contributed by atoms with E-state index < -0.39 is 0 Å². The Bertz CT molecular complexity index is 1230. The van der Waals surface area contributed by atoms with Gasteiger partial charge in [0.2, 0.25) is 5.91 Å². The van der Waals surface area contributed by atoms with Crippen LogP contribution >= 0.6 is 22.7 Å². The van der Waals surface area contributed by atoms with Gasteiger partial charge in [0.05, 0.1) is 6.54 Å². The molecular formula is C25H26N2OS2. The maximum Gasteiger partial charge on any atom is 0.246 e. The van der Waals surface area contributed by atoms with E-state index in [9.17, 15) is 4.79 Å². The average molecular weight is 435 g/mol. The highest BCUT2D eigenvalue weighted by Crippen LogP contribution is 2.33. The highest BCUT2D eigenvalue weighted by Gasteiger charge is 2.13. The first kappa shape index (κ1) is 20.8. The summed E-state index contributed by atoms with van der Waals surface area (Å²) in [5.74, 6) is -0.0479. The molecule has 5 heteroatoms. The van der Waals surface area contributed by atoms with E-state index in [1.165, 1.54) is 52.7 Å². The van der Waals surface area contributed by atoms with Crippen molar-refractivity contribution < 1.29 is 4.79 Å². The van der Waals surface area contributed by atoms with E-state index >= 15 is 0 Å². The molecular weight excluding hydrogens is 408 g/mol. The smallest absolute Gasteiger partial charge is 0.246 e. The Kier molecular flexibility index (Phi) is 6.04. The van der Waals surface area contributed by atoms with E-state index in [0.717, 1.165) is 13.1 Å². The number of carbonyl (C=O) groups excluding carboxylic acids is 1. The molecule has 2 aromatic heterocycles. The third-order valence-corrected chi connectivity index (χ3v) is 8.10. The van der Waals surface area contributed by atoms with Crippen LogP contribution in [0.15, 0.2) is 55.1 Å². The van der Waals surface area contributed by atoms with Crippen LogP contribution in [0.1, 0.15) is 26.4 Å². The van der Waals surface area contributed by atoms with Crippen molar-refractivity contribution in [3.63, 3.8) is 0 Å². The number of thiophene rings is 2. The molecule has 0 saturated heterocycles. The SMILES string of the molecule is C=CC(=O)N(C)Cc1sc2cc(CNCc3sc4ccccc4c3C)ccc2c1C. The van der Waals surface area contributed by atoms with Gasteiger partial charge in [-0.15, -0.1) is 22.7 Å². The molecule has 0 atom stereocenters. The molecule has 4 aromatic rings. The number of rotatable bonds is 7.